The monoisotopic (exact) mass is 252 g/mol. The number of anilines is 1. The van der Waals surface area contributed by atoms with E-state index in [2.05, 4.69) is 0 Å². The van der Waals surface area contributed by atoms with E-state index in [0.29, 0.717) is 12.2 Å². The maximum absolute atomic E-state index is 12.9. The Morgan fingerprint density at radius 2 is 1.83 bits per heavy atom. The number of nitrogens with zero attached hydrogens (tertiary/aromatic N) is 1. The first-order valence-corrected chi connectivity index (χ1v) is 6.10. The molecule has 0 saturated heterocycles. The highest BCUT2D eigenvalue weighted by molar-refractivity contribution is 5.97. The topological polar surface area (TPSA) is 46.3 Å². The Morgan fingerprint density at radius 1 is 1.33 bits per heavy atom. The lowest BCUT2D eigenvalue weighted by molar-refractivity contribution is -0.121. The smallest absolute Gasteiger partial charge is 0.244 e. The summed E-state index contributed by atoms with van der Waals surface area (Å²) in [6.07, 6.45) is 0. The minimum atomic E-state index is -0.581. The van der Waals surface area contributed by atoms with Crippen molar-refractivity contribution in [1.82, 2.24) is 0 Å². The first-order valence-electron chi connectivity index (χ1n) is 6.10. The van der Waals surface area contributed by atoms with Crippen molar-refractivity contribution < 1.29 is 9.18 Å². The number of halogens is 1. The van der Waals surface area contributed by atoms with E-state index in [1.807, 2.05) is 27.7 Å². The molecule has 1 amide bonds. The van der Waals surface area contributed by atoms with E-state index >= 15 is 0 Å². The average Bonchev–Trinajstić information content (AvgIpc) is 2.30. The molecule has 0 aliphatic rings. The van der Waals surface area contributed by atoms with Gasteiger partial charge in [0, 0.05) is 12.2 Å². The van der Waals surface area contributed by atoms with Crippen LogP contribution in [0.1, 0.15) is 27.7 Å². The Kier molecular flexibility index (Phi) is 4.46. The Balaban J connectivity index is 2.97. The van der Waals surface area contributed by atoms with Crippen LogP contribution < -0.4 is 10.6 Å². The number of rotatable bonds is 3. The normalized spacial score (nSPS) is 13.2. The fraction of sp³-hybridized carbons (Fsp3) is 0.500. The number of amides is 1. The van der Waals surface area contributed by atoms with Gasteiger partial charge in [0.05, 0.1) is 6.04 Å². The summed E-state index contributed by atoms with van der Waals surface area (Å²) in [6, 6.07) is 5.28. The van der Waals surface area contributed by atoms with Gasteiger partial charge < -0.3 is 10.6 Å². The summed E-state index contributed by atoms with van der Waals surface area (Å²) in [5, 5.41) is 0. The quantitative estimate of drug-likeness (QED) is 0.898. The molecular formula is C14H21FN2O. The van der Waals surface area contributed by atoms with Crippen molar-refractivity contribution in [2.45, 2.75) is 33.7 Å². The number of carbonyl (C=O) groups excluding carboxylic acids is 1. The predicted molar refractivity (Wildman–Crippen MR) is 71.9 cm³/mol. The third kappa shape index (κ3) is 3.29. The lowest BCUT2D eigenvalue weighted by Crippen LogP contribution is -2.50. The molecule has 0 aliphatic carbocycles. The van der Waals surface area contributed by atoms with Crippen molar-refractivity contribution in [1.29, 1.82) is 0 Å². The average molecular weight is 252 g/mol. The Bertz CT molecular complexity index is 409. The minimum Gasteiger partial charge on any atom is -0.319 e. The molecule has 0 unspecified atom stereocenters. The standard InChI is InChI=1S/C14H21FN2O/c1-5-17(11-8-6-10(15)7-9-11)13(18)12(16)14(2,3)4/h6-9,12H,5,16H2,1-4H3/t12-/m1/s1. The van der Waals surface area contributed by atoms with Gasteiger partial charge in [-0.15, -0.1) is 0 Å². The molecule has 0 saturated carbocycles. The van der Waals surface area contributed by atoms with Crippen LogP contribution in [0.5, 0.6) is 0 Å². The first-order chi connectivity index (χ1) is 8.27. The lowest BCUT2D eigenvalue weighted by atomic mass is 9.86. The number of hydrogen-bond acceptors (Lipinski definition) is 2. The van der Waals surface area contributed by atoms with Crippen molar-refractivity contribution in [3.05, 3.63) is 30.1 Å². The van der Waals surface area contributed by atoms with Crippen LogP contribution >= 0.6 is 0 Å². The Hall–Kier alpha value is -1.42. The summed E-state index contributed by atoms with van der Waals surface area (Å²) in [5.41, 5.74) is 6.34. The van der Waals surface area contributed by atoms with Crippen molar-refractivity contribution in [3.8, 4) is 0 Å². The molecule has 1 rings (SSSR count). The van der Waals surface area contributed by atoms with Gasteiger partial charge in [-0.05, 0) is 36.6 Å². The van der Waals surface area contributed by atoms with E-state index in [9.17, 15) is 9.18 Å². The van der Waals surface area contributed by atoms with Crippen molar-refractivity contribution in [2.75, 3.05) is 11.4 Å². The Labute approximate surface area is 108 Å². The molecule has 0 heterocycles. The zero-order valence-electron chi connectivity index (χ0n) is 11.4. The second-order valence-corrected chi connectivity index (χ2v) is 5.40. The third-order valence-electron chi connectivity index (χ3n) is 2.92. The van der Waals surface area contributed by atoms with Crippen LogP contribution in [0.15, 0.2) is 24.3 Å². The van der Waals surface area contributed by atoms with Gasteiger partial charge in [-0.3, -0.25) is 4.79 Å². The van der Waals surface area contributed by atoms with Crippen molar-refractivity contribution in [2.24, 2.45) is 11.1 Å². The maximum Gasteiger partial charge on any atom is 0.244 e. The molecule has 3 nitrogen and oxygen atoms in total. The Morgan fingerprint density at radius 3 is 2.22 bits per heavy atom. The van der Waals surface area contributed by atoms with Gasteiger partial charge in [0.2, 0.25) is 5.91 Å². The zero-order valence-corrected chi connectivity index (χ0v) is 11.4. The van der Waals surface area contributed by atoms with Gasteiger partial charge in [-0.1, -0.05) is 20.8 Å². The van der Waals surface area contributed by atoms with Crippen LogP contribution in [0.2, 0.25) is 0 Å². The molecule has 1 atom stereocenters. The number of hydrogen-bond donors (Lipinski definition) is 1. The van der Waals surface area contributed by atoms with Gasteiger partial charge in [-0.2, -0.15) is 0 Å². The number of likely N-dealkylation sites (N-methyl/N-ethyl adjacent to an activating group) is 1. The van der Waals surface area contributed by atoms with Crippen LogP contribution in [-0.4, -0.2) is 18.5 Å². The minimum absolute atomic E-state index is 0.142. The lowest BCUT2D eigenvalue weighted by Gasteiger charge is -2.31. The fourth-order valence-electron chi connectivity index (χ4n) is 1.63. The summed E-state index contributed by atoms with van der Waals surface area (Å²) in [5.74, 6) is -0.459. The summed E-state index contributed by atoms with van der Waals surface area (Å²) in [7, 11) is 0. The second-order valence-electron chi connectivity index (χ2n) is 5.40. The van der Waals surface area contributed by atoms with E-state index in [4.69, 9.17) is 5.73 Å². The van der Waals surface area contributed by atoms with Crippen LogP contribution in [0.25, 0.3) is 0 Å². The second kappa shape index (κ2) is 5.48. The van der Waals surface area contributed by atoms with Crippen LogP contribution in [0.4, 0.5) is 10.1 Å². The number of carbonyl (C=O) groups is 1. The predicted octanol–water partition coefficient (Wildman–Crippen LogP) is 2.55. The van der Waals surface area contributed by atoms with E-state index in [1.165, 1.54) is 12.1 Å². The first kappa shape index (κ1) is 14.6. The molecule has 0 bridgehead atoms. The fourth-order valence-corrected chi connectivity index (χ4v) is 1.63. The van der Waals surface area contributed by atoms with Gasteiger partial charge in [0.25, 0.3) is 0 Å². The largest absolute Gasteiger partial charge is 0.319 e. The molecule has 2 N–H and O–H groups in total. The van der Waals surface area contributed by atoms with E-state index < -0.39 is 6.04 Å². The molecule has 0 fully saturated rings. The summed E-state index contributed by atoms with van der Waals surface area (Å²) < 4.78 is 12.9. The van der Waals surface area contributed by atoms with Crippen LogP contribution in [-0.2, 0) is 4.79 Å². The summed E-state index contributed by atoms with van der Waals surface area (Å²) in [6.45, 7) is 8.15. The highest BCUT2D eigenvalue weighted by Crippen LogP contribution is 2.22. The number of benzene rings is 1. The summed E-state index contributed by atoms with van der Waals surface area (Å²) in [4.78, 5) is 13.9. The zero-order chi connectivity index (χ0) is 13.9. The van der Waals surface area contributed by atoms with E-state index in [0.717, 1.165) is 0 Å². The molecule has 4 heteroatoms. The molecule has 100 valence electrons. The molecule has 0 aliphatic heterocycles. The molecular weight excluding hydrogens is 231 g/mol. The molecule has 1 aromatic rings. The molecule has 18 heavy (non-hydrogen) atoms. The molecule has 0 aromatic heterocycles. The van der Waals surface area contributed by atoms with Gasteiger partial charge >= 0.3 is 0 Å². The molecule has 1 aromatic carbocycles. The molecule has 0 radical (unpaired) electrons. The van der Waals surface area contributed by atoms with Crippen molar-refractivity contribution in [3.63, 3.8) is 0 Å². The van der Waals surface area contributed by atoms with Gasteiger partial charge in [0.1, 0.15) is 5.82 Å². The van der Waals surface area contributed by atoms with Crippen LogP contribution in [0.3, 0.4) is 0 Å². The van der Waals surface area contributed by atoms with Crippen molar-refractivity contribution >= 4 is 11.6 Å². The van der Waals surface area contributed by atoms with Crippen LogP contribution in [0, 0.1) is 11.2 Å². The summed E-state index contributed by atoms with van der Waals surface area (Å²) >= 11 is 0. The third-order valence-corrected chi connectivity index (χ3v) is 2.92. The number of nitrogens with two attached hydrogens (primary N) is 1. The highest BCUT2D eigenvalue weighted by atomic mass is 19.1. The highest BCUT2D eigenvalue weighted by Gasteiger charge is 2.31. The van der Waals surface area contributed by atoms with E-state index in [1.54, 1.807) is 17.0 Å². The SMILES string of the molecule is CCN(C(=O)[C@@H](N)C(C)(C)C)c1ccc(F)cc1. The molecule has 0 spiro atoms. The van der Waals surface area contributed by atoms with Gasteiger partial charge in [0.15, 0.2) is 0 Å². The maximum atomic E-state index is 12.9. The van der Waals surface area contributed by atoms with E-state index in [-0.39, 0.29) is 17.1 Å². The van der Waals surface area contributed by atoms with Gasteiger partial charge in [-0.25, -0.2) is 4.39 Å².